The molecule has 0 aliphatic heterocycles. The van der Waals surface area contributed by atoms with Crippen molar-refractivity contribution in [3.63, 3.8) is 0 Å². The first kappa shape index (κ1) is 23.2. The van der Waals surface area contributed by atoms with E-state index in [1.54, 1.807) is 12.1 Å². The molecular weight excluding hydrogens is 448 g/mol. The van der Waals surface area contributed by atoms with Gasteiger partial charge in [0.15, 0.2) is 12.2 Å². The topological polar surface area (TPSA) is 322 Å². The maximum absolute atomic E-state index is 6.25. The van der Waals surface area contributed by atoms with Crippen molar-refractivity contribution in [2.24, 2.45) is 110 Å². The minimum atomic E-state index is 0.414. The molecule has 0 saturated heterocycles. The van der Waals surface area contributed by atoms with E-state index in [-0.39, 0.29) is 0 Å². The van der Waals surface area contributed by atoms with Crippen LogP contribution in [0.15, 0.2) is 145 Å². The van der Waals surface area contributed by atoms with Gasteiger partial charge in [0.05, 0.1) is 12.4 Å². The summed E-state index contributed by atoms with van der Waals surface area (Å²) >= 11 is 0. The van der Waals surface area contributed by atoms with E-state index >= 15 is 0 Å². The fourth-order valence-electron chi connectivity index (χ4n) is 1.33. The predicted octanol–water partition coefficient (Wildman–Crippen LogP) is 6.07. The number of hydrogen-bond donors (Lipinski definition) is 1. The highest BCUT2D eigenvalue weighted by molar-refractivity contribution is 5.52. The Bertz CT molecular complexity index is 1110. The van der Waals surface area contributed by atoms with E-state index in [9.17, 15) is 0 Å². The number of oxazole rings is 1. The molecule has 0 spiro atoms. The zero-order valence-electron chi connectivity index (χ0n) is 15.6. The van der Waals surface area contributed by atoms with Crippen LogP contribution < -0.4 is 0 Å². The zero-order valence-corrected chi connectivity index (χ0v) is 15.6. The Morgan fingerprint density at radius 3 is 1.45 bits per heavy atom. The molecular formula is C8H6N24O. The monoisotopic (exact) mass is 454 g/mol. The van der Waals surface area contributed by atoms with E-state index in [1.165, 1.54) is 18.8 Å². The molecule has 33 heavy (non-hydrogen) atoms. The van der Waals surface area contributed by atoms with Crippen LogP contribution in [0.3, 0.4) is 0 Å². The molecule has 25 heteroatoms. The Morgan fingerprint density at radius 1 is 0.576 bits per heavy atom. The van der Waals surface area contributed by atoms with E-state index in [0.29, 0.717) is 17.1 Å². The summed E-state index contributed by atoms with van der Waals surface area (Å²) in [6.45, 7) is 0. The van der Waals surface area contributed by atoms with E-state index in [4.69, 9.17) is 9.95 Å². The van der Waals surface area contributed by atoms with Gasteiger partial charge in [-0.3, -0.25) is 4.98 Å². The Hall–Kier alpha value is -6.04. The van der Waals surface area contributed by atoms with Crippen molar-refractivity contribution in [2.75, 3.05) is 0 Å². The second-order valence-corrected chi connectivity index (χ2v) is 4.17. The summed E-state index contributed by atoms with van der Waals surface area (Å²) in [5.74, 6) is 0.517. The van der Waals surface area contributed by atoms with Crippen LogP contribution in [0.4, 0.5) is 5.69 Å². The molecule has 0 fully saturated rings. The second kappa shape index (κ2) is 15.8. The van der Waals surface area contributed by atoms with Gasteiger partial charge in [-0.1, -0.05) is 0 Å². The molecule has 0 radical (unpaired) electrons. The summed E-state index contributed by atoms with van der Waals surface area (Å²) in [7, 11) is 0. The van der Waals surface area contributed by atoms with E-state index in [0.717, 1.165) is 0 Å². The fourth-order valence-corrected chi connectivity index (χ4v) is 1.33. The minimum absolute atomic E-state index is 0.414. The summed E-state index contributed by atoms with van der Waals surface area (Å²) in [6, 6.07) is 3.30. The van der Waals surface area contributed by atoms with Crippen LogP contribution in [0.2, 0.25) is 0 Å². The van der Waals surface area contributed by atoms with E-state index in [2.05, 4.69) is 120 Å². The third kappa shape index (κ3) is 10.9. The molecule has 0 aliphatic rings. The Balaban J connectivity index is 1.62. The van der Waals surface area contributed by atoms with Gasteiger partial charge in [-0.2, -0.15) is 5.53 Å². The number of aromatic nitrogens is 2. The largest absolute Gasteiger partial charge is 0.442 e. The molecule has 0 aliphatic carbocycles. The maximum atomic E-state index is 6.25. The Kier molecular flexibility index (Phi) is 11.2. The molecule has 164 valence electrons. The number of nitrogens with zero attached hydrogens (tertiary/aromatic N) is 23. The predicted molar refractivity (Wildman–Crippen MR) is 93.1 cm³/mol. The van der Waals surface area contributed by atoms with Crippen LogP contribution in [0.25, 0.3) is 11.5 Å². The summed E-state index contributed by atoms with van der Waals surface area (Å²) in [6.07, 6.45) is 4.27. The quantitative estimate of drug-likeness (QED) is 0.294. The molecule has 0 atom stereocenters. The summed E-state index contributed by atoms with van der Waals surface area (Å²) in [4.78, 5) is 7.92. The third-order valence-electron chi connectivity index (χ3n) is 2.36. The number of pyridine rings is 1. The van der Waals surface area contributed by atoms with Gasteiger partial charge in [0.25, 0.3) is 0 Å². The van der Waals surface area contributed by atoms with Crippen molar-refractivity contribution in [1.82, 2.24) is 9.97 Å². The van der Waals surface area contributed by atoms with Crippen molar-refractivity contribution < 1.29 is 4.42 Å². The third-order valence-corrected chi connectivity index (χ3v) is 2.36. The standard InChI is InChI=1S/C8H6N24O/c9-13-15-17-19-21-23-25-27-29-31-32-30-28-26-24-22-20-18-16-14-12-6-1-2-7(11-3-6)8-4-10-5-33-8/h1-5,9H/b13-9?,14-12?,17-15+,18-16+,21-19+,22-20+,25-23+,26-24+,29-27+,30-28+,32-31+. The van der Waals surface area contributed by atoms with Crippen LogP contribution in [0.1, 0.15) is 0 Å². The van der Waals surface area contributed by atoms with Crippen LogP contribution in [-0.4, -0.2) is 9.97 Å². The molecule has 0 saturated carbocycles. The van der Waals surface area contributed by atoms with Crippen LogP contribution in [0.5, 0.6) is 0 Å². The summed E-state index contributed by atoms with van der Waals surface area (Å²) in [5.41, 5.74) is 7.24. The number of nitrogens with one attached hydrogen (secondary N) is 1. The average molecular weight is 454 g/mol. The lowest BCUT2D eigenvalue weighted by Crippen LogP contribution is -1.78. The van der Waals surface area contributed by atoms with Gasteiger partial charge in [-0.25, -0.2) is 4.98 Å². The van der Waals surface area contributed by atoms with Crippen LogP contribution in [-0.2, 0) is 0 Å². The lowest BCUT2D eigenvalue weighted by atomic mass is 10.3. The van der Waals surface area contributed by atoms with Gasteiger partial charge in [0.1, 0.15) is 11.4 Å². The second-order valence-electron chi connectivity index (χ2n) is 4.17. The average Bonchev–Trinajstić information content (AvgIpc) is 3.38. The Labute approximate surface area is 178 Å². The van der Waals surface area contributed by atoms with Crippen molar-refractivity contribution in [1.29, 1.82) is 5.53 Å². The molecule has 2 rings (SSSR count). The molecule has 25 nitrogen and oxygen atoms in total. The SMILES string of the molecule is N=N/N=N/N=N/N=N/N=N/N=N/N=N/N=N/N=N/N=N/N=Nc1ccc(-c2cnco2)nc1. The summed E-state index contributed by atoms with van der Waals surface area (Å²) < 4.78 is 5.11. The van der Waals surface area contributed by atoms with Crippen LogP contribution >= 0.6 is 0 Å². The van der Waals surface area contributed by atoms with Gasteiger partial charge in [-0.05, 0) is 95.7 Å². The first-order chi connectivity index (χ1) is 16.4. The highest BCUT2D eigenvalue weighted by Crippen LogP contribution is 2.19. The van der Waals surface area contributed by atoms with Crippen molar-refractivity contribution in [3.05, 3.63) is 30.9 Å². The van der Waals surface area contributed by atoms with Gasteiger partial charge in [-0.15, -0.1) is 5.11 Å². The zero-order chi connectivity index (χ0) is 23.2. The smallest absolute Gasteiger partial charge is 0.181 e. The fraction of sp³-hybridized carbons (Fsp3) is 0. The molecule has 2 aromatic heterocycles. The summed E-state index contributed by atoms with van der Waals surface area (Å²) in [5, 5.41) is 64.1. The number of rotatable bonds is 12. The van der Waals surface area contributed by atoms with Gasteiger partial charge in [0, 0.05) is 20.9 Å². The normalized spacial score (nSPS) is 13.6. The molecule has 0 aromatic carbocycles. The molecule has 2 aromatic rings. The van der Waals surface area contributed by atoms with Gasteiger partial charge >= 0.3 is 0 Å². The van der Waals surface area contributed by atoms with Crippen molar-refractivity contribution in [2.45, 2.75) is 0 Å². The minimum Gasteiger partial charge on any atom is -0.442 e. The highest BCUT2D eigenvalue weighted by atomic mass is 16.3. The van der Waals surface area contributed by atoms with E-state index in [1.807, 2.05) is 0 Å². The molecule has 0 unspecified atom stereocenters. The first-order valence-corrected chi connectivity index (χ1v) is 7.62. The van der Waals surface area contributed by atoms with E-state index < -0.39 is 0 Å². The molecule has 2 heterocycles. The van der Waals surface area contributed by atoms with Crippen molar-refractivity contribution in [3.8, 4) is 11.5 Å². The molecule has 1 N–H and O–H groups in total. The highest BCUT2D eigenvalue weighted by Gasteiger charge is 2.02. The Morgan fingerprint density at radius 2 is 1.06 bits per heavy atom. The lowest BCUT2D eigenvalue weighted by molar-refractivity contribution is 0.570. The molecule has 0 bridgehead atoms. The van der Waals surface area contributed by atoms with Gasteiger partial charge in [0.2, 0.25) is 0 Å². The maximum Gasteiger partial charge on any atom is 0.181 e. The first-order valence-electron chi connectivity index (χ1n) is 7.62. The van der Waals surface area contributed by atoms with Gasteiger partial charge < -0.3 is 4.42 Å². The van der Waals surface area contributed by atoms with Crippen LogP contribution in [0, 0.1) is 5.53 Å². The lowest BCUT2D eigenvalue weighted by Gasteiger charge is -1.94. The van der Waals surface area contributed by atoms with Crippen molar-refractivity contribution >= 4 is 5.69 Å². The molecule has 0 amide bonds. The number of hydrogen-bond acceptors (Lipinski definition) is 5.